The van der Waals surface area contributed by atoms with Crippen LogP contribution < -0.4 is 0 Å². The Labute approximate surface area is 126 Å². The number of aryl methyl sites for hydroxylation is 1. The van der Waals surface area contributed by atoms with Crippen LogP contribution in [0.4, 0.5) is 0 Å². The van der Waals surface area contributed by atoms with E-state index in [1.54, 1.807) is 25.3 Å². The van der Waals surface area contributed by atoms with Gasteiger partial charge in [0.25, 0.3) is 0 Å². The van der Waals surface area contributed by atoms with Gasteiger partial charge >= 0.3 is 0 Å². The second-order valence-corrected chi connectivity index (χ2v) is 7.35. The molecule has 1 heterocycles. The molecule has 0 aromatic heterocycles. The molecule has 6 heteroatoms. The largest absolute Gasteiger partial charge is 0.392 e. The van der Waals surface area contributed by atoms with Gasteiger partial charge in [-0.1, -0.05) is 13.0 Å². The molecule has 1 aliphatic heterocycles. The molecule has 1 saturated heterocycles. The van der Waals surface area contributed by atoms with Gasteiger partial charge in [0.05, 0.1) is 18.1 Å². The molecule has 0 bridgehead atoms. The fraction of sp³-hybridized carbons (Fsp3) is 0.600. The van der Waals surface area contributed by atoms with Crippen molar-refractivity contribution in [2.24, 2.45) is 5.92 Å². The Balaban J connectivity index is 2.24. The van der Waals surface area contributed by atoms with Crippen molar-refractivity contribution in [2.45, 2.75) is 31.3 Å². The molecule has 0 aliphatic carbocycles. The predicted molar refractivity (Wildman–Crippen MR) is 80.5 cm³/mol. The van der Waals surface area contributed by atoms with Gasteiger partial charge in [0, 0.05) is 20.2 Å². The van der Waals surface area contributed by atoms with Gasteiger partial charge in [-0.2, -0.15) is 4.31 Å². The second kappa shape index (κ2) is 6.87. The molecular weight excluding hydrogens is 290 g/mol. The molecule has 0 amide bonds. The molecule has 0 saturated carbocycles. The van der Waals surface area contributed by atoms with Crippen molar-refractivity contribution in [3.63, 3.8) is 0 Å². The van der Waals surface area contributed by atoms with Gasteiger partial charge in [0.1, 0.15) is 0 Å². The van der Waals surface area contributed by atoms with Crippen molar-refractivity contribution >= 4 is 10.0 Å². The number of hydrogen-bond donors (Lipinski definition) is 1. The van der Waals surface area contributed by atoms with E-state index in [2.05, 4.69) is 0 Å². The highest BCUT2D eigenvalue weighted by Gasteiger charge is 2.32. The molecule has 2 rings (SSSR count). The van der Waals surface area contributed by atoms with E-state index < -0.39 is 10.0 Å². The Bertz CT molecular complexity index is 585. The normalized spacial score (nSPS) is 20.0. The van der Waals surface area contributed by atoms with Crippen molar-refractivity contribution in [1.82, 2.24) is 4.31 Å². The van der Waals surface area contributed by atoms with Crippen LogP contribution in [0.5, 0.6) is 0 Å². The van der Waals surface area contributed by atoms with Crippen molar-refractivity contribution in [3.05, 3.63) is 29.3 Å². The summed E-state index contributed by atoms with van der Waals surface area (Å²) in [5, 5.41) is 9.39. The molecule has 0 spiro atoms. The SMILES string of the molecule is CCc1ccc(S(=O)(=O)N2CCC(COC)C2)cc1CO. The molecule has 21 heavy (non-hydrogen) atoms. The molecule has 1 atom stereocenters. The third kappa shape index (κ3) is 3.45. The Hall–Kier alpha value is -0.950. The first kappa shape index (κ1) is 16.4. The molecule has 1 aliphatic rings. The number of methoxy groups -OCH3 is 1. The number of ether oxygens (including phenoxy) is 1. The molecule has 1 unspecified atom stereocenters. The lowest BCUT2D eigenvalue weighted by atomic mass is 10.1. The van der Waals surface area contributed by atoms with Crippen LogP contribution in [0.25, 0.3) is 0 Å². The summed E-state index contributed by atoms with van der Waals surface area (Å²) in [4.78, 5) is 0.266. The average Bonchev–Trinajstić information content (AvgIpc) is 2.96. The smallest absolute Gasteiger partial charge is 0.243 e. The average molecular weight is 313 g/mol. The lowest BCUT2D eigenvalue weighted by Crippen LogP contribution is -2.29. The van der Waals surface area contributed by atoms with E-state index in [-0.39, 0.29) is 17.4 Å². The summed E-state index contributed by atoms with van der Waals surface area (Å²) in [6.45, 7) is 3.46. The van der Waals surface area contributed by atoms with Crippen LogP contribution in [-0.4, -0.2) is 44.6 Å². The fourth-order valence-electron chi connectivity index (χ4n) is 2.79. The molecule has 1 N–H and O–H groups in total. The zero-order valence-electron chi connectivity index (χ0n) is 12.6. The van der Waals surface area contributed by atoms with Crippen LogP contribution in [0, 0.1) is 5.92 Å². The maximum Gasteiger partial charge on any atom is 0.243 e. The Morgan fingerprint density at radius 1 is 1.38 bits per heavy atom. The van der Waals surface area contributed by atoms with Crippen molar-refractivity contribution in [1.29, 1.82) is 0 Å². The van der Waals surface area contributed by atoms with Crippen molar-refractivity contribution < 1.29 is 18.3 Å². The van der Waals surface area contributed by atoms with Crippen LogP contribution >= 0.6 is 0 Å². The summed E-state index contributed by atoms with van der Waals surface area (Å²) in [6.07, 6.45) is 1.60. The van der Waals surface area contributed by atoms with Gasteiger partial charge in [0.2, 0.25) is 10.0 Å². The number of sulfonamides is 1. The van der Waals surface area contributed by atoms with Gasteiger partial charge in [-0.15, -0.1) is 0 Å². The molecule has 0 radical (unpaired) electrons. The maximum atomic E-state index is 12.7. The van der Waals surface area contributed by atoms with Crippen molar-refractivity contribution in [2.75, 3.05) is 26.8 Å². The van der Waals surface area contributed by atoms with Crippen LogP contribution in [0.1, 0.15) is 24.5 Å². The summed E-state index contributed by atoms with van der Waals surface area (Å²) in [7, 11) is -1.85. The minimum atomic E-state index is -3.48. The van der Waals surface area contributed by atoms with Gasteiger partial charge < -0.3 is 9.84 Å². The summed E-state index contributed by atoms with van der Waals surface area (Å²) < 4.78 is 31.9. The predicted octanol–water partition coefficient (Wildman–Crippen LogP) is 1.40. The van der Waals surface area contributed by atoms with Gasteiger partial charge in [0.15, 0.2) is 0 Å². The van der Waals surface area contributed by atoms with E-state index in [0.717, 1.165) is 18.4 Å². The topological polar surface area (TPSA) is 66.8 Å². The number of benzene rings is 1. The summed E-state index contributed by atoms with van der Waals surface area (Å²) in [5.41, 5.74) is 1.67. The number of rotatable bonds is 6. The van der Waals surface area contributed by atoms with Crippen molar-refractivity contribution in [3.8, 4) is 0 Å². The Morgan fingerprint density at radius 3 is 2.76 bits per heavy atom. The van der Waals surface area contributed by atoms with E-state index in [0.29, 0.717) is 25.3 Å². The van der Waals surface area contributed by atoms with Crippen LogP contribution in [0.3, 0.4) is 0 Å². The first-order chi connectivity index (χ1) is 10.0. The lowest BCUT2D eigenvalue weighted by Gasteiger charge is -2.18. The van der Waals surface area contributed by atoms with Crippen LogP contribution in [0.15, 0.2) is 23.1 Å². The first-order valence-electron chi connectivity index (χ1n) is 7.24. The molecule has 1 aromatic rings. The number of aliphatic hydroxyl groups is 1. The Morgan fingerprint density at radius 2 is 2.14 bits per heavy atom. The maximum absolute atomic E-state index is 12.7. The van der Waals surface area contributed by atoms with Gasteiger partial charge in [-0.05, 0) is 42.0 Å². The monoisotopic (exact) mass is 313 g/mol. The number of hydrogen-bond acceptors (Lipinski definition) is 4. The zero-order chi connectivity index (χ0) is 15.5. The summed E-state index contributed by atoms with van der Waals surface area (Å²) in [6, 6.07) is 5.02. The zero-order valence-corrected chi connectivity index (χ0v) is 13.4. The minimum absolute atomic E-state index is 0.140. The lowest BCUT2D eigenvalue weighted by molar-refractivity contribution is 0.157. The standard InChI is InChI=1S/C15H23NO4S/c1-3-13-4-5-15(8-14(13)10-17)21(18,19)16-7-6-12(9-16)11-20-2/h4-5,8,12,17H,3,6-7,9-11H2,1-2H3. The quantitative estimate of drug-likeness (QED) is 0.862. The highest BCUT2D eigenvalue weighted by Crippen LogP contribution is 2.26. The van der Waals surface area contributed by atoms with E-state index >= 15 is 0 Å². The second-order valence-electron chi connectivity index (χ2n) is 5.42. The number of aliphatic hydroxyl groups excluding tert-OH is 1. The molecule has 1 fully saturated rings. The van der Waals surface area contributed by atoms with E-state index in [1.807, 2.05) is 6.92 Å². The minimum Gasteiger partial charge on any atom is -0.392 e. The van der Waals surface area contributed by atoms with Crippen LogP contribution in [-0.2, 0) is 27.8 Å². The third-order valence-corrected chi connectivity index (χ3v) is 5.88. The molecule has 5 nitrogen and oxygen atoms in total. The molecular formula is C15H23NO4S. The fourth-order valence-corrected chi connectivity index (χ4v) is 4.37. The molecule has 1 aromatic carbocycles. The first-order valence-corrected chi connectivity index (χ1v) is 8.68. The van der Waals surface area contributed by atoms with E-state index in [4.69, 9.17) is 4.74 Å². The van der Waals surface area contributed by atoms with Gasteiger partial charge in [-0.3, -0.25) is 0 Å². The highest BCUT2D eigenvalue weighted by molar-refractivity contribution is 7.89. The van der Waals surface area contributed by atoms with E-state index in [1.165, 1.54) is 4.31 Å². The van der Waals surface area contributed by atoms with Gasteiger partial charge in [-0.25, -0.2) is 8.42 Å². The highest BCUT2D eigenvalue weighted by atomic mass is 32.2. The third-order valence-electron chi connectivity index (χ3n) is 4.02. The van der Waals surface area contributed by atoms with E-state index in [9.17, 15) is 13.5 Å². The Kier molecular flexibility index (Phi) is 5.37. The summed E-state index contributed by atoms with van der Waals surface area (Å²) in [5.74, 6) is 0.261. The summed E-state index contributed by atoms with van der Waals surface area (Å²) >= 11 is 0. The van der Waals surface area contributed by atoms with Crippen LogP contribution in [0.2, 0.25) is 0 Å². The molecule has 118 valence electrons. The number of nitrogens with zero attached hydrogens (tertiary/aromatic N) is 1.